The first-order valence-electron chi connectivity index (χ1n) is 5.06. The molecule has 0 aromatic heterocycles. The van der Waals surface area contributed by atoms with Gasteiger partial charge in [-0.05, 0) is 12.1 Å². The van der Waals surface area contributed by atoms with Crippen LogP contribution in [0.25, 0.3) is 0 Å². The molecule has 2 rings (SSSR count). The maximum atomic E-state index is 5.99. The number of hydrogen-bond donors (Lipinski definition) is 1. The van der Waals surface area contributed by atoms with Crippen LogP contribution in [0.4, 0.5) is 0 Å². The molecular formula is C11H14ClNOS. The summed E-state index contributed by atoms with van der Waals surface area (Å²) in [6.07, 6.45) is 0. The Labute approximate surface area is 99.3 Å². The molecule has 0 radical (unpaired) electrons. The van der Waals surface area contributed by atoms with Gasteiger partial charge in [0.2, 0.25) is 0 Å². The van der Waals surface area contributed by atoms with Gasteiger partial charge < -0.3 is 10.1 Å². The van der Waals surface area contributed by atoms with Crippen LogP contribution in [-0.2, 0) is 0 Å². The summed E-state index contributed by atoms with van der Waals surface area (Å²) < 4.78 is 5.68. The molecule has 1 N–H and O–H groups in total. The average Bonchev–Trinajstić information content (AvgIpc) is 2.29. The average molecular weight is 244 g/mol. The number of nitrogens with one attached hydrogen (secondary N) is 1. The quantitative estimate of drug-likeness (QED) is 0.881. The molecule has 4 heteroatoms. The van der Waals surface area contributed by atoms with Crippen LogP contribution in [-0.4, -0.2) is 30.7 Å². The molecule has 1 heterocycles. The van der Waals surface area contributed by atoms with Crippen molar-refractivity contribution in [2.75, 3.05) is 25.4 Å². The van der Waals surface area contributed by atoms with Gasteiger partial charge in [-0.25, -0.2) is 0 Å². The highest BCUT2D eigenvalue weighted by Crippen LogP contribution is 2.24. The van der Waals surface area contributed by atoms with Gasteiger partial charge in [0.05, 0.1) is 10.3 Å². The van der Waals surface area contributed by atoms with Crippen molar-refractivity contribution in [2.24, 2.45) is 0 Å². The summed E-state index contributed by atoms with van der Waals surface area (Å²) >= 11 is 7.95. The Hall–Kier alpha value is -0.380. The monoisotopic (exact) mass is 243 g/mol. The normalized spacial score (nSPS) is 21.3. The van der Waals surface area contributed by atoms with E-state index in [-0.39, 0.29) is 0 Å². The lowest BCUT2D eigenvalue weighted by atomic mass is 10.3. The van der Waals surface area contributed by atoms with Gasteiger partial charge in [0.25, 0.3) is 0 Å². The second-order valence-corrected chi connectivity index (χ2v) is 5.25. The maximum Gasteiger partial charge on any atom is 0.137 e. The highest BCUT2D eigenvalue weighted by atomic mass is 35.5. The molecule has 1 unspecified atom stereocenters. The lowest BCUT2D eigenvalue weighted by Gasteiger charge is -2.22. The van der Waals surface area contributed by atoms with Gasteiger partial charge in [-0.15, -0.1) is 0 Å². The Bertz CT molecular complexity index is 315. The SMILES string of the molecule is Clc1ccccc1OCC1CNCCS1. The maximum absolute atomic E-state index is 5.99. The van der Waals surface area contributed by atoms with Gasteiger partial charge in [-0.2, -0.15) is 11.8 Å². The minimum atomic E-state index is 0.537. The van der Waals surface area contributed by atoms with E-state index in [2.05, 4.69) is 5.32 Å². The zero-order valence-electron chi connectivity index (χ0n) is 8.41. The molecule has 1 aliphatic rings. The summed E-state index contributed by atoms with van der Waals surface area (Å²) in [4.78, 5) is 0. The first kappa shape index (κ1) is 11.1. The van der Waals surface area contributed by atoms with Crippen molar-refractivity contribution in [3.05, 3.63) is 29.3 Å². The molecule has 1 fully saturated rings. The first-order valence-corrected chi connectivity index (χ1v) is 6.48. The number of rotatable bonds is 3. The van der Waals surface area contributed by atoms with E-state index in [4.69, 9.17) is 16.3 Å². The van der Waals surface area contributed by atoms with Gasteiger partial charge in [0, 0.05) is 18.8 Å². The zero-order chi connectivity index (χ0) is 10.5. The summed E-state index contributed by atoms with van der Waals surface area (Å²) in [5, 5.41) is 4.58. The third-order valence-corrected chi connectivity index (χ3v) is 3.79. The van der Waals surface area contributed by atoms with E-state index in [0.29, 0.717) is 10.3 Å². The number of hydrogen-bond acceptors (Lipinski definition) is 3. The van der Waals surface area contributed by atoms with E-state index < -0.39 is 0 Å². The fourth-order valence-electron chi connectivity index (χ4n) is 1.47. The molecule has 1 aromatic rings. The number of benzene rings is 1. The van der Waals surface area contributed by atoms with E-state index in [1.165, 1.54) is 0 Å². The summed E-state index contributed by atoms with van der Waals surface area (Å²) in [7, 11) is 0. The van der Waals surface area contributed by atoms with Crippen LogP contribution < -0.4 is 10.1 Å². The molecule has 0 aliphatic carbocycles. The van der Waals surface area contributed by atoms with Gasteiger partial charge in [-0.1, -0.05) is 23.7 Å². The molecular weight excluding hydrogens is 230 g/mol. The van der Waals surface area contributed by atoms with Crippen molar-refractivity contribution < 1.29 is 4.74 Å². The van der Waals surface area contributed by atoms with E-state index in [0.717, 1.165) is 31.2 Å². The Kier molecular flexibility index (Phi) is 4.18. The standard InChI is InChI=1S/C11H14ClNOS/c12-10-3-1-2-4-11(10)14-8-9-7-13-5-6-15-9/h1-4,9,13H,5-8H2. The number of thioether (sulfide) groups is 1. The lowest BCUT2D eigenvalue weighted by Crippen LogP contribution is -2.36. The van der Waals surface area contributed by atoms with Crippen LogP contribution in [0.2, 0.25) is 5.02 Å². The van der Waals surface area contributed by atoms with Crippen molar-refractivity contribution in [3.63, 3.8) is 0 Å². The summed E-state index contributed by atoms with van der Waals surface area (Å²) in [6.45, 7) is 2.85. The van der Waals surface area contributed by atoms with Crippen molar-refractivity contribution in [1.82, 2.24) is 5.32 Å². The van der Waals surface area contributed by atoms with Crippen molar-refractivity contribution in [2.45, 2.75) is 5.25 Å². The van der Waals surface area contributed by atoms with Gasteiger partial charge in [0.15, 0.2) is 0 Å². The van der Waals surface area contributed by atoms with Crippen molar-refractivity contribution in [1.29, 1.82) is 0 Å². The fraction of sp³-hybridized carbons (Fsp3) is 0.455. The van der Waals surface area contributed by atoms with Crippen LogP contribution in [0, 0.1) is 0 Å². The van der Waals surface area contributed by atoms with E-state index in [1.807, 2.05) is 36.0 Å². The van der Waals surface area contributed by atoms with Crippen LogP contribution in [0.3, 0.4) is 0 Å². The minimum absolute atomic E-state index is 0.537. The first-order chi connectivity index (χ1) is 7.36. The molecule has 0 saturated carbocycles. The van der Waals surface area contributed by atoms with Crippen LogP contribution in [0.5, 0.6) is 5.75 Å². The lowest BCUT2D eigenvalue weighted by molar-refractivity contribution is 0.313. The fourth-order valence-corrected chi connectivity index (χ4v) is 2.66. The Balaban J connectivity index is 1.84. The molecule has 1 saturated heterocycles. The highest BCUT2D eigenvalue weighted by molar-refractivity contribution is 8.00. The van der Waals surface area contributed by atoms with Crippen LogP contribution >= 0.6 is 23.4 Å². The smallest absolute Gasteiger partial charge is 0.137 e. The molecule has 1 atom stereocenters. The van der Waals surface area contributed by atoms with Gasteiger partial charge in [-0.3, -0.25) is 0 Å². The van der Waals surface area contributed by atoms with Crippen LogP contribution in [0.1, 0.15) is 0 Å². The predicted molar refractivity (Wildman–Crippen MR) is 66.1 cm³/mol. The predicted octanol–water partition coefficient (Wildman–Crippen LogP) is 2.42. The molecule has 0 spiro atoms. The number of halogens is 1. The van der Waals surface area contributed by atoms with Crippen molar-refractivity contribution in [3.8, 4) is 5.75 Å². The third-order valence-electron chi connectivity index (χ3n) is 2.27. The second-order valence-electron chi connectivity index (χ2n) is 3.44. The summed E-state index contributed by atoms with van der Waals surface area (Å²) in [6, 6.07) is 7.60. The third kappa shape index (κ3) is 3.30. The topological polar surface area (TPSA) is 21.3 Å². The molecule has 15 heavy (non-hydrogen) atoms. The number of para-hydroxylation sites is 1. The second kappa shape index (κ2) is 5.64. The molecule has 2 nitrogen and oxygen atoms in total. The van der Waals surface area contributed by atoms with E-state index in [9.17, 15) is 0 Å². The van der Waals surface area contributed by atoms with E-state index >= 15 is 0 Å². The largest absolute Gasteiger partial charge is 0.491 e. The summed E-state index contributed by atoms with van der Waals surface area (Å²) in [5.74, 6) is 1.95. The summed E-state index contributed by atoms with van der Waals surface area (Å²) in [5.41, 5.74) is 0. The van der Waals surface area contributed by atoms with Gasteiger partial charge in [0.1, 0.15) is 12.4 Å². The number of ether oxygens (including phenoxy) is 1. The molecule has 0 amide bonds. The molecule has 1 aliphatic heterocycles. The molecule has 1 aromatic carbocycles. The Morgan fingerprint density at radius 3 is 3.07 bits per heavy atom. The molecule has 82 valence electrons. The van der Waals surface area contributed by atoms with Gasteiger partial charge >= 0.3 is 0 Å². The minimum Gasteiger partial charge on any atom is -0.491 e. The molecule has 0 bridgehead atoms. The van der Waals surface area contributed by atoms with Crippen LogP contribution in [0.15, 0.2) is 24.3 Å². The van der Waals surface area contributed by atoms with E-state index in [1.54, 1.807) is 0 Å². The Morgan fingerprint density at radius 1 is 1.47 bits per heavy atom. The highest BCUT2D eigenvalue weighted by Gasteiger charge is 2.14. The van der Waals surface area contributed by atoms with Crippen molar-refractivity contribution >= 4 is 23.4 Å². The zero-order valence-corrected chi connectivity index (χ0v) is 9.98. The Morgan fingerprint density at radius 2 is 2.33 bits per heavy atom.